The molecular weight excluding hydrogens is 160 g/mol. The summed E-state index contributed by atoms with van der Waals surface area (Å²) in [6.45, 7) is 1.84. The Morgan fingerprint density at radius 2 is 2.23 bits per heavy atom. The number of aromatic nitrogens is 2. The van der Waals surface area contributed by atoms with Gasteiger partial charge in [-0.05, 0) is 13.0 Å². The number of rotatable bonds is 0. The van der Waals surface area contributed by atoms with Crippen LogP contribution in [-0.2, 0) is 7.05 Å². The third kappa shape index (κ3) is 1.19. The molecule has 0 unspecified atom stereocenters. The van der Waals surface area contributed by atoms with Crippen LogP contribution in [0.25, 0.3) is 10.9 Å². The van der Waals surface area contributed by atoms with Gasteiger partial charge in [0, 0.05) is 24.8 Å². The maximum Gasteiger partial charge on any atom is 0.0676 e. The van der Waals surface area contributed by atoms with Crippen molar-refractivity contribution >= 4 is 10.9 Å². The zero-order valence-corrected chi connectivity index (χ0v) is 7.70. The first-order valence-electron chi connectivity index (χ1n) is 4.14. The van der Waals surface area contributed by atoms with Crippen molar-refractivity contribution in [3.05, 3.63) is 30.2 Å². The quantitative estimate of drug-likeness (QED) is 0.552. The molecular formula is C11H10N2. The number of nitrogens with zero attached hydrogens (tertiary/aromatic N) is 2. The van der Waals surface area contributed by atoms with Crippen LogP contribution in [0.4, 0.5) is 0 Å². The number of hydrogen-bond donors (Lipinski definition) is 0. The second-order valence-corrected chi connectivity index (χ2v) is 2.92. The van der Waals surface area contributed by atoms with Crippen molar-refractivity contribution in [2.45, 2.75) is 6.92 Å². The van der Waals surface area contributed by atoms with Crippen LogP contribution in [0.5, 0.6) is 0 Å². The molecule has 2 heterocycles. The molecule has 0 spiro atoms. The predicted octanol–water partition coefficient (Wildman–Crippen LogP) is 1.94. The molecule has 0 aliphatic heterocycles. The van der Waals surface area contributed by atoms with E-state index in [0.29, 0.717) is 0 Å². The molecule has 0 saturated heterocycles. The van der Waals surface area contributed by atoms with Crippen LogP contribution >= 0.6 is 0 Å². The molecule has 0 aliphatic rings. The van der Waals surface area contributed by atoms with E-state index in [9.17, 15) is 0 Å². The first-order chi connectivity index (χ1) is 6.33. The average Bonchev–Trinajstić information content (AvgIpc) is 2.50. The lowest BCUT2D eigenvalue weighted by molar-refractivity contribution is 0.965. The van der Waals surface area contributed by atoms with Crippen molar-refractivity contribution in [3.8, 4) is 11.8 Å². The summed E-state index contributed by atoms with van der Waals surface area (Å²) in [5, 5.41) is 1.17. The maximum atomic E-state index is 4.14. The van der Waals surface area contributed by atoms with Crippen LogP contribution in [0.2, 0.25) is 0 Å². The molecule has 0 fully saturated rings. The SMILES string of the molecule is CC#Cc1cncc2c1ccn2C. The van der Waals surface area contributed by atoms with Gasteiger partial charge < -0.3 is 4.57 Å². The molecule has 2 heteroatoms. The molecule has 0 radical (unpaired) electrons. The highest BCUT2D eigenvalue weighted by Gasteiger charge is 2.01. The minimum atomic E-state index is 1.00. The highest BCUT2D eigenvalue weighted by molar-refractivity contribution is 5.85. The zero-order valence-electron chi connectivity index (χ0n) is 7.70. The molecule has 64 valence electrons. The molecule has 2 nitrogen and oxygen atoms in total. The van der Waals surface area contributed by atoms with E-state index in [1.165, 1.54) is 5.39 Å². The van der Waals surface area contributed by atoms with Gasteiger partial charge in [0.15, 0.2) is 0 Å². The fourth-order valence-electron chi connectivity index (χ4n) is 1.42. The van der Waals surface area contributed by atoms with Crippen molar-refractivity contribution in [3.63, 3.8) is 0 Å². The standard InChI is InChI=1S/C11H10N2/c1-3-4-9-7-12-8-11-10(9)5-6-13(11)2/h5-8H,1-2H3. The van der Waals surface area contributed by atoms with Crippen LogP contribution in [0, 0.1) is 11.8 Å². The van der Waals surface area contributed by atoms with E-state index in [1.807, 2.05) is 30.9 Å². The summed E-state index contributed by atoms with van der Waals surface area (Å²) in [6, 6.07) is 2.07. The third-order valence-electron chi connectivity index (χ3n) is 2.07. The summed E-state index contributed by atoms with van der Waals surface area (Å²) in [5.41, 5.74) is 2.13. The normalized spacial score (nSPS) is 9.69. The van der Waals surface area contributed by atoms with Crippen LogP contribution in [0.1, 0.15) is 12.5 Å². The van der Waals surface area contributed by atoms with Gasteiger partial charge >= 0.3 is 0 Å². The molecule has 0 N–H and O–H groups in total. The molecule has 0 saturated carbocycles. The van der Waals surface area contributed by atoms with E-state index in [0.717, 1.165) is 11.1 Å². The van der Waals surface area contributed by atoms with Gasteiger partial charge in [0.25, 0.3) is 0 Å². The molecule has 0 amide bonds. The van der Waals surface area contributed by atoms with E-state index in [1.54, 1.807) is 6.20 Å². The van der Waals surface area contributed by atoms with Crippen LogP contribution in [0.15, 0.2) is 24.7 Å². The number of hydrogen-bond acceptors (Lipinski definition) is 1. The van der Waals surface area contributed by atoms with E-state index < -0.39 is 0 Å². The highest BCUT2D eigenvalue weighted by Crippen LogP contribution is 2.16. The van der Waals surface area contributed by atoms with Gasteiger partial charge in [-0.3, -0.25) is 4.98 Å². The largest absolute Gasteiger partial charge is 0.349 e. The van der Waals surface area contributed by atoms with E-state index >= 15 is 0 Å². The van der Waals surface area contributed by atoms with E-state index in [2.05, 4.69) is 22.9 Å². The summed E-state index contributed by atoms with van der Waals surface area (Å²) in [5.74, 6) is 5.92. The van der Waals surface area contributed by atoms with Crippen molar-refractivity contribution in [2.75, 3.05) is 0 Å². The Labute approximate surface area is 77.2 Å². The average molecular weight is 170 g/mol. The fourth-order valence-corrected chi connectivity index (χ4v) is 1.42. The first kappa shape index (κ1) is 7.88. The van der Waals surface area contributed by atoms with Gasteiger partial charge in [0.05, 0.1) is 17.3 Å². The lowest BCUT2D eigenvalue weighted by Gasteiger charge is -1.96. The van der Waals surface area contributed by atoms with Gasteiger partial charge in [0.2, 0.25) is 0 Å². The fraction of sp³-hybridized carbons (Fsp3) is 0.182. The van der Waals surface area contributed by atoms with Gasteiger partial charge in [-0.1, -0.05) is 5.92 Å². The molecule has 0 atom stereocenters. The van der Waals surface area contributed by atoms with Crippen molar-refractivity contribution in [1.82, 2.24) is 9.55 Å². The Morgan fingerprint density at radius 3 is 3.00 bits per heavy atom. The molecule has 0 aromatic carbocycles. The Bertz CT molecular complexity index is 498. The van der Waals surface area contributed by atoms with Crippen LogP contribution in [0.3, 0.4) is 0 Å². The second-order valence-electron chi connectivity index (χ2n) is 2.92. The minimum Gasteiger partial charge on any atom is -0.349 e. The molecule has 13 heavy (non-hydrogen) atoms. The highest BCUT2D eigenvalue weighted by atomic mass is 14.9. The smallest absolute Gasteiger partial charge is 0.0676 e. The Kier molecular flexibility index (Phi) is 1.79. The van der Waals surface area contributed by atoms with Crippen molar-refractivity contribution < 1.29 is 0 Å². The van der Waals surface area contributed by atoms with Crippen LogP contribution in [-0.4, -0.2) is 9.55 Å². The van der Waals surface area contributed by atoms with Crippen molar-refractivity contribution in [1.29, 1.82) is 0 Å². The Morgan fingerprint density at radius 1 is 1.38 bits per heavy atom. The summed E-state index contributed by atoms with van der Waals surface area (Å²) in [7, 11) is 2.01. The number of pyridine rings is 1. The predicted molar refractivity (Wildman–Crippen MR) is 53.3 cm³/mol. The maximum absolute atomic E-state index is 4.14. The molecule has 2 rings (SSSR count). The van der Waals surface area contributed by atoms with Gasteiger partial charge in [-0.15, -0.1) is 5.92 Å². The number of fused-ring (bicyclic) bond motifs is 1. The van der Waals surface area contributed by atoms with Crippen molar-refractivity contribution in [2.24, 2.45) is 7.05 Å². The molecule has 0 aliphatic carbocycles. The lowest BCUT2D eigenvalue weighted by atomic mass is 10.2. The minimum absolute atomic E-state index is 1.00. The molecule has 2 aromatic heterocycles. The van der Waals surface area contributed by atoms with Gasteiger partial charge in [-0.2, -0.15) is 0 Å². The topological polar surface area (TPSA) is 17.8 Å². The van der Waals surface area contributed by atoms with E-state index in [-0.39, 0.29) is 0 Å². The first-order valence-corrected chi connectivity index (χ1v) is 4.14. The van der Waals surface area contributed by atoms with E-state index in [4.69, 9.17) is 0 Å². The zero-order chi connectivity index (χ0) is 9.26. The third-order valence-corrected chi connectivity index (χ3v) is 2.07. The second kappa shape index (κ2) is 2.95. The summed E-state index contributed by atoms with van der Waals surface area (Å²) < 4.78 is 2.04. The summed E-state index contributed by atoms with van der Waals surface area (Å²) >= 11 is 0. The number of aryl methyl sites for hydroxylation is 1. The van der Waals surface area contributed by atoms with Gasteiger partial charge in [0.1, 0.15) is 0 Å². The summed E-state index contributed by atoms with van der Waals surface area (Å²) in [4.78, 5) is 4.14. The monoisotopic (exact) mass is 170 g/mol. The molecule has 0 bridgehead atoms. The lowest BCUT2D eigenvalue weighted by Crippen LogP contribution is -1.86. The van der Waals surface area contributed by atoms with Gasteiger partial charge in [-0.25, -0.2) is 0 Å². The van der Waals surface area contributed by atoms with Crippen LogP contribution < -0.4 is 0 Å². The Balaban J connectivity index is 2.82. The Hall–Kier alpha value is -1.75. The summed E-state index contributed by atoms with van der Waals surface area (Å²) in [6.07, 6.45) is 5.68. The molecule has 2 aromatic rings.